The predicted molar refractivity (Wildman–Crippen MR) is 194 cm³/mol. The van der Waals surface area contributed by atoms with Crippen LogP contribution in [0.4, 0.5) is 0 Å². The molecule has 9 aromatic rings. The number of rotatable bonds is 4. The van der Waals surface area contributed by atoms with Gasteiger partial charge in [-0.25, -0.2) is 4.98 Å². The molecule has 10 rings (SSSR count). The van der Waals surface area contributed by atoms with E-state index in [-0.39, 0.29) is 0 Å². The van der Waals surface area contributed by atoms with Gasteiger partial charge in [-0.2, -0.15) is 0 Å². The van der Waals surface area contributed by atoms with Gasteiger partial charge < -0.3 is 4.57 Å². The summed E-state index contributed by atoms with van der Waals surface area (Å²) in [6.07, 6.45) is 9.22. The third-order valence-electron chi connectivity index (χ3n) is 9.58. The average molecular weight is 601 g/mol. The smallest absolute Gasteiger partial charge is 0.145 e. The number of fused-ring (bicyclic) bond motifs is 5. The van der Waals surface area contributed by atoms with Crippen LogP contribution in [-0.4, -0.2) is 19.1 Å². The van der Waals surface area contributed by atoms with Crippen molar-refractivity contribution in [2.24, 2.45) is 0 Å². The van der Waals surface area contributed by atoms with Crippen LogP contribution in [-0.2, 0) is 6.42 Å². The Morgan fingerprint density at radius 2 is 1.32 bits per heavy atom. The molecule has 6 aromatic carbocycles. The van der Waals surface area contributed by atoms with E-state index in [4.69, 9.17) is 4.98 Å². The molecule has 0 saturated carbocycles. The van der Waals surface area contributed by atoms with E-state index in [0.29, 0.717) is 0 Å². The highest BCUT2D eigenvalue weighted by molar-refractivity contribution is 6.17. The van der Waals surface area contributed by atoms with Crippen LogP contribution in [0.1, 0.15) is 11.1 Å². The SMILES string of the molecule is C1=Cc2cccc3cc4c(c(c23)C1)c1ccccc1n4-c1cc(-c2ccncc2)cc(-c2nc3ccccc3n2-c2ccccc2)c1. The minimum atomic E-state index is 0.908. The molecule has 0 aliphatic heterocycles. The summed E-state index contributed by atoms with van der Waals surface area (Å²) in [4.78, 5) is 9.58. The van der Waals surface area contributed by atoms with Crippen LogP contribution in [0, 0.1) is 0 Å². The molecule has 3 aromatic heterocycles. The maximum Gasteiger partial charge on any atom is 0.145 e. The highest BCUT2D eigenvalue weighted by Crippen LogP contribution is 2.42. The Bertz CT molecular complexity index is 2700. The number of para-hydroxylation sites is 4. The van der Waals surface area contributed by atoms with E-state index in [0.717, 1.165) is 51.3 Å². The van der Waals surface area contributed by atoms with E-state index < -0.39 is 0 Å². The summed E-state index contributed by atoms with van der Waals surface area (Å²) in [5, 5.41) is 5.25. The molecule has 3 heterocycles. The molecule has 1 aliphatic rings. The van der Waals surface area contributed by atoms with E-state index in [1.54, 1.807) is 0 Å². The van der Waals surface area contributed by atoms with Gasteiger partial charge in [0.1, 0.15) is 5.82 Å². The Hall–Kier alpha value is -6.26. The molecule has 0 radical (unpaired) electrons. The van der Waals surface area contributed by atoms with Crippen molar-refractivity contribution in [2.75, 3.05) is 0 Å². The Balaban J connectivity index is 1.32. The van der Waals surface area contributed by atoms with Crippen molar-refractivity contribution in [3.8, 4) is 33.9 Å². The van der Waals surface area contributed by atoms with E-state index >= 15 is 0 Å². The van der Waals surface area contributed by atoms with E-state index in [2.05, 4.69) is 160 Å². The second-order valence-corrected chi connectivity index (χ2v) is 12.3. The normalized spacial score (nSPS) is 12.5. The summed E-state index contributed by atoms with van der Waals surface area (Å²) in [7, 11) is 0. The largest absolute Gasteiger partial charge is 0.309 e. The van der Waals surface area contributed by atoms with Crippen LogP contribution in [0.15, 0.2) is 152 Å². The fraction of sp³-hybridized carbons (Fsp3) is 0.0233. The molecule has 0 unspecified atom stereocenters. The summed E-state index contributed by atoms with van der Waals surface area (Å²) in [6.45, 7) is 0. The van der Waals surface area contributed by atoms with Crippen LogP contribution >= 0.6 is 0 Å². The first-order chi connectivity index (χ1) is 23.3. The molecule has 0 spiro atoms. The summed E-state index contributed by atoms with van der Waals surface area (Å²) < 4.78 is 4.73. The van der Waals surface area contributed by atoms with Crippen LogP contribution < -0.4 is 0 Å². The van der Waals surface area contributed by atoms with Gasteiger partial charge in [-0.05, 0) is 106 Å². The third-order valence-corrected chi connectivity index (χ3v) is 9.58. The minimum absolute atomic E-state index is 0.908. The average Bonchev–Trinajstić information content (AvgIpc) is 3.69. The maximum absolute atomic E-state index is 5.26. The maximum atomic E-state index is 5.26. The molecule has 0 fully saturated rings. The van der Waals surface area contributed by atoms with Crippen molar-refractivity contribution in [1.82, 2.24) is 19.1 Å². The molecule has 0 N–H and O–H groups in total. The van der Waals surface area contributed by atoms with Gasteiger partial charge >= 0.3 is 0 Å². The van der Waals surface area contributed by atoms with Gasteiger partial charge in [0.15, 0.2) is 0 Å². The number of imidazole rings is 1. The van der Waals surface area contributed by atoms with Crippen LogP contribution in [0.2, 0.25) is 0 Å². The zero-order valence-corrected chi connectivity index (χ0v) is 25.5. The van der Waals surface area contributed by atoms with Crippen molar-refractivity contribution in [1.29, 1.82) is 0 Å². The van der Waals surface area contributed by atoms with Gasteiger partial charge in [-0.15, -0.1) is 0 Å². The first-order valence-corrected chi connectivity index (χ1v) is 16.1. The van der Waals surface area contributed by atoms with E-state index in [1.165, 1.54) is 43.7 Å². The molecule has 0 atom stereocenters. The highest BCUT2D eigenvalue weighted by atomic mass is 15.1. The number of benzene rings is 6. The zero-order chi connectivity index (χ0) is 30.9. The number of pyridine rings is 1. The topological polar surface area (TPSA) is 35.6 Å². The molecule has 1 aliphatic carbocycles. The van der Waals surface area contributed by atoms with Gasteiger partial charge in [0, 0.05) is 40.1 Å². The molecular formula is C43H28N4. The second kappa shape index (κ2) is 10.1. The predicted octanol–water partition coefficient (Wildman–Crippen LogP) is 10.6. The van der Waals surface area contributed by atoms with Crippen molar-refractivity contribution in [2.45, 2.75) is 6.42 Å². The van der Waals surface area contributed by atoms with Crippen molar-refractivity contribution in [3.63, 3.8) is 0 Å². The van der Waals surface area contributed by atoms with Crippen LogP contribution in [0.5, 0.6) is 0 Å². The lowest BCUT2D eigenvalue weighted by Gasteiger charge is -2.17. The minimum Gasteiger partial charge on any atom is -0.309 e. The summed E-state index contributed by atoms with van der Waals surface area (Å²) in [5.41, 5.74) is 12.6. The van der Waals surface area contributed by atoms with Crippen molar-refractivity contribution < 1.29 is 0 Å². The molecule has 47 heavy (non-hydrogen) atoms. The number of allylic oxidation sites excluding steroid dienone is 1. The molecule has 4 nitrogen and oxygen atoms in total. The van der Waals surface area contributed by atoms with Gasteiger partial charge in [0.05, 0.1) is 22.1 Å². The number of hydrogen-bond donors (Lipinski definition) is 0. The Morgan fingerprint density at radius 3 is 2.21 bits per heavy atom. The zero-order valence-electron chi connectivity index (χ0n) is 25.5. The van der Waals surface area contributed by atoms with Crippen LogP contribution in [0.25, 0.3) is 83.6 Å². The van der Waals surface area contributed by atoms with Crippen molar-refractivity contribution >= 4 is 49.7 Å². The van der Waals surface area contributed by atoms with Gasteiger partial charge in [0.2, 0.25) is 0 Å². The first kappa shape index (κ1) is 26.0. The molecule has 220 valence electrons. The lowest BCUT2D eigenvalue weighted by molar-refractivity contribution is 1.10. The Kier molecular flexibility index (Phi) is 5.60. The standard InChI is InChI=1S/C43H28N4/c1-2-13-33(14-3-1)47-39-19-7-5-17-37(39)45-43(47)32-24-31(28-20-22-44-23-21-28)25-34(26-32)46-38-18-6-4-15-35(38)42-36-16-9-11-29-10-8-12-30(41(29)36)27-40(42)46/h1-15,17-27H,16H2. The van der Waals surface area contributed by atoms with Gasteiger partial charge in [0.25, 0.3) is 0 Å². The highest BCUT2D eigenvalue weighted by Gasteiger charge is 2.22. The number of aromatic nitrogens is 4. The van der Waals surface area contributed by atoms with Gasteiger partial charge in [-0.1, -0.05) is 78.9 Å². The first-order valence-electron chi connectivity index (χ1n) is 16.1. The molecule has 4 heteroatoms. The van der Waals surface area contributed by atoms with Gasteiger partial charge in [-0.3, -0.25) is 9.55 Å². The monoisotopic (exact) mass is 600 g/mol. The van der Waals surface area contributed by atoms with Crippen LogP contribution in [0.3, 0.4) is 0 Å². The second-order valence-electron chi connectivity index (χ2n) is 12.3. The summed E-state index contributed by atoms with van der Waals surface area (Å²) in [5.74, 6) is 0.908. The van der Waals surface area contributed by atoms with E-state index in [9.17, 15) is 0 Å². The number of hydrogen-bond acceptors (Lipinski definition) is 2. The van der Waals surface area contributed by atoms with Crippen molar-refractivity contribution in [3.05, 3.63) is 163 Å². The molecular weight excluding hydrogens is 573 g/mol. The lowest BCUT2D eigenvalue weighted by atomic mass is 9.90. The summed E-state index contributed by atoms with van der Waals surface area (Å²) in [6, 6.07) is 47.9. The molecule has 0 bridgehead atoms. The third kappa shape index (κ3) is 3.95. The summed E-state index contributed by atoms with van der Waals surface area (Å²) >= 11 is 0. The molecule has 0 amide bonds. The lowest BCUT2D eigenvalue weighted by Crippen LogP contribution is -2.01. The Morgan fingerprint density at radius 1 is 0.532 bits per heavy atom. The number of nitrogens with zero attached hydrogens (tertiary/aromatic N) is 4. The fourth-order valence-corrected chi connectivity index (χ4v) is 7.61. The Labute approximate surface area is 271 Å². The quantitative estimate of drug-likeness (QED) is 0.201. The fourth-order valence-electron chi connectivity index (χ4n) is 7.61. The molecule has 0 saturated heterocycles. The van der Waals surface area contributed by atoms with E-state index in [1.807, 2.05) is 12.4 Å².